The van der Waals surface area contributed by atoms with Gasteiger partial charge >= 0.3 is 12.1 Å². The van der Waals surface area contributed by atoms with Crippen LogP contribution in [0.4, 0.5) is 13.2 Å². The van der Waals surface area contributed by atoms with Crippen LogP contribution in [-0.4, -0.2) is 39.1 Å². The van der Waals surface area contributed by atoms with Crippen LogP contribution in [0.25, 0.3) is 11.4 Å². The van der Waals surface area contributed by atoms with E-state index in [0.29, 0.717) is 16.9 Å². The number of Topliss-reactive ketones (excluding diaryl/α,β-unsaturated/α-hetero) is 1. The van der Waals surface area contributed by atoms with Crippen molar-refractivity contribution < 1.29 is 27.6 Å². The van der Waals surface area contributed by atoms with Crippen molar-refractivity contribution in [3.63, 3.8) is 0 Å². The zero-order chi connectivity index (χ0) is 16.2. The molecule has 2 rings (SSSR count). The van der Waals surface area contributed by atoms with E-state index in [2.05, 4.69) is 14.7 Å². The Balaban J connectivity index is 2.08. The first-order chi connectivity index (χ1) is 10.4. The Labute approximate surface area is 127 Å². The van der Waals surface area contributed by atoms with E-state index in [9.17, 15) is 18.0 Å². The SMILES string of the molecule is O=C(CSCCO)c1ccc(-c2noc(C(F)(F)F)n2)cc1. The smallest absolute Gasteiger partial charge is 0.396 e. The average Bonchev–Trinajstić information content (AvgIpc) is 2.97. The number of benzene rings is 1. The fourth-order valence-electron chi connectivity index (χ4n) is 1.57. The van der Waals surface area contributed by atoms with Gasteiger partial charge in [0, 0.05) is 16.9 Å². The lowest BCUT2D eigenvalue weighted by atomic mass is 10.1. The van der Waals surface area contributed by atoms with E-state index in [-0.39, 0.29) is 24.0 Å². The van der Waals surface area contributed by atoms with Gasteiger partial charge in [0.15, 0.2) is 5.78 Å². The maximum Gasteiger partial charge on any atom is 0.471 e. The van der Waals surface area contributed by atoms with Gasteiger partial charge in [0.2, 0.25) is 5.82 Å². The molecule has 0 bridgehead atoms. The fourth-order valence-corrected chi connectivity index (χ4v) is 2.20. The second kappa shape index (κ2) is 6.93. The predicted molar refractivity (Wildman–Crippen MR) is 73.5 cm³/mol. The lowest BCUT2D eigenvalue weighted by Gasteiger charge is -2.01. The molecule has 0 fully saturated rings. The number of aliphatic hydroxyl groups is 1. The van der Waals surface area contributed by atoms with Gasteiger partial charge in [0.1, 0.15) is 0 Å². The van der Waals surface area contributed by atoms with Crippen molar-refractivity contribution >= 4 is 17.5 Å². The summed E-state index contributed by atoms with van der Waals surface area (Å²) in [5.41, 5.74) is 0.743. The van der Waals surface area contributed by atoms with Crippen molar-refractivity contribution in [2.75, 3.05) is 18.1 Å². The molecule has 2 aromatic rings. The summed E-state index contributed by atoms with van der Waals surface area (Å²) in [7, 11) is 0. The fraction of sp³-hybridized carbons (Fsp3) is 0.308. The Kier molecular flexibility index (Phi) is 5.19. The van der Waals surface area contributed by atoms with E-state index < -0.39 is 12.1 Å². The van der Waals surface area contributed by atoms with E-state index in [1.807, 2.05) is 0 Å². The second-order valence-electron chi connectivity index (χ2n) is 4.20. The first-order valence-electron chi connectivity index (χ1n) is 6.15. The summed E-state index contributed by atoms with van der Waals surface area (Å²) >= 11 is 1.30. The highest BCUT2D eigenvalue weighted by atomic mass is 32.2. The first-order valence-corrected chi connectivity index (χ1v) is 7.30. The highest BCUT2D eigenvalue weighted by Crippen LogP contribution is 2.29. The van der Waals surface area contributed by atoms with Crippen LogP contribution in [-0.2, 0) is 6.18 Å². The van der Waals surface area contributed by atoms with Crippen LogP contribution in [0.2, 0.25) is 0 Å². The van der Waals surface area contributed by atoms with Crippen LogP contribution < -0.4 is 0 Å². The highest BCUT2D eigenvalue weighted by Gasteiger charge is 2.38. The number of rotatable bonds is 6. The van der Waals surface area contributed by atoms with Gasteiger partial charge < -0.3 is 9.63 Å². The molecule has 0 saturated heterocycles. The van der Waals surface area contributed by atoms with Crippen LogP contribution in [0.1, 0.15) is 16.2 Å². The van der Waals surface area contributed by atoms with Crippen molar-refractivity contribution in [3.8, 4) is 11.4 Å². The summed E-state index contributed by atoms with van der Waals surface area (Å²) in [6.45, 7) is -0.00372. The molecular formula is C13H11F3N2O3S. The number of aliphatic hydroxyl groups excluding tert-OH is 1. The molecular weight excluding hydrogens is 321 g/mol. The van der Waals surface area contributed by atoms with E-state index in [1.165, 1.54) is 36.0 Å². The zero-order valence-electron chi connectivity index (χ0n) is 11.1. The van der Waals surface area contributed by atoms with Gasteiger partial charge in [-0.3, -0.25) is 4.79 Å². The van der Waals surface area contributed by atoms with Crippen LogP contribution >= 0.6 is 11.8 Å². The number of ketones is 1. The van der Waals surface area contributed by atoms with Crippen LogP contribution in [0.15, 0.2) is 28.8 Å². The molecule has 1 aromatic heterocycles. The molecule has 0 aliphatic carbocycles. The quantitative estimate of drug-likeness (QED) is 0.647. The maximum absolute atomic E-state index is 12.4. The van der Waals surface area contributed by atoms with Crippen LogP contribution in [0.5, 0.6) is 0 Å². The van der Waals surface area contributed by atoms with Crippen LogP contribution in [0, 0.1) is 0 Å². The lowest BCUT2D eigenvalue weighted by molar-refractivity contribution is -0.159. The Morgan fingerprint density at radius 3 is 2.50 bits per heavy atom. The van der Waals surface area contributed by atoms with E-state index >= 15 is 0 Å². The number of thioether (sulfide) groups is 1. The van der Waals surface area contributed by atoms with Gasteiger partial charge in [-0.25, -0.2) is 0 Å². The number of hydrogen-bond donors (Lipinski definition) is 1. The molecule has 118 valence electrons. The average molecular weight is 332 g/mol. The molecule has 0 amide bonds. The van der Waals surface area contributed by atoms with Crippen molar-refractivity contribution in [1.82, 2.24) is 10.1 Å². The number of nitrogens with zero attached hydrogens (tertiary/aromatic N) is 2. The normalized spacial score (nSPS) is 11.6. The molecule has 0 radical (unpaired) electrons. The monoisotopic (exact) mass is 332 g/mol. The molecule has 1 N–H and O–H groups in total. The third kappa shape index (κ3) is 4.08. The number of alkyl halides is 3. The van der Waals surface area contributed by atoms with Crippen molar-refractivity contribution in [2.45, 2.75) is 6.18 Å². The van der Waals surface area contributed by atoms with Crippen molar-refractivity contribution in [3.05, 3.63) is 35.7 Å². The molecule has 0 saturated carbocycles. The molecule has 0 spiro atoms. The van der Waals surface area contributed by atoms with Gasteiger partial charge in [-0.05, 0) is 0 Å². The lowest BCUT2D eigenvalue weighted by Crippen LogP contribution is -2.05. The number of aromatic nitrogens is 2. The third-order valence-electron chi connectivity index (χ3n) is 2.60. The minimum atomic E-state index is -4.69. The van der Waals surface area contributed by atoms with E-state index in [1.54, 1.807) is 0 Å². The number of carbonyl (C=O) groups excluding carboxylic acids is 1. The van der Waals surface area contributed by atoms with Gasteiger partial charge in [-0.2, -0.15) is 29.9 Å². The summed E-state index contributed by atoms with van der Waals surface area (Å²) < 4.78 is 41.3. The summed E-state index contributed by atoms with van der Waals surface area (Å²) in [5.74, 6) is -1.05. The van der Waals surface area contributed by atoms with Crippen LogP contribution in [0.3, 0.4) is 0 Å². The highest BCUT2D eigenvalue weighted by molar-refractivity contribution is 8.00. The summed E-state index contributed by atoms with van der Waals surface area (Å²) in [6.07, 6.45) is -4.69. The standard InChI is InChI=1S/C13H11F3N2O3S/c14-13(15,16)12-17-11(18-21-12)9-3-1-8(2-4-9)10(20)7-22-6-5-19/h1-4,19H,5-7H2. The number of carbonyl (C=O) groups is 1. The molecule has 0 aliphatic heterocycles. The maximum atomic E-state index is 12.4. The van der Waals surface area contributed by atoms with Crippen molar-refractivity contribution in [1.29, 1.82) is 0 Å². The Morgan fingerprint density at radius 1 is 1.27 bits per heavy atom. The number of halogens is 3. The largest absolute Gasteiger partial charge is 0.471 e. The molecule has 22 heavy (non-hydrogen) atoms. The molecule has 9 heteroatoms. The second-order valence-corrected chi connectivity index (χ2v) is 5.30. The van der Waals surface area contributed by atoms with Gasteiger partial charge in [-0.15, -0.1) is 0 Å². The molecule has 5 nitrogen and oxygen atoms in total. The third-order valence-corrected chi connectivity index (χ3v) is 3.54. The Bertz CT molecular complexity index is 641. The zero-order valence-corrected chi connectivity index (χ0v) is 11.9. The van der Waals surface area contributed by atoms with Gasteiger partial charge in [0.05, 0.1) is 12.4 Å². The minimum Gasteiger partial charge on any atom is -0.396 e. The van der Waals surface area contributed by atoms with Gasteiger partial charge in [0.25, 0.3) is 0 Å². The summed E-state index contributed by atoms with van der Waals surface area (Å²) in [6, 6.07) is 5.88. The predicted octanol–water partition coefficient (Wildman–Crippen LogP) is 2.66. The summed E-state index contributed by atoms with van der Waals surface area (Å²) in [5, 5.41) is 11.9. The Morgan fingerprint density at radius 2 is 1.95 bits per heavy atom. The van der Waals surface area contributed by atoms with E-state index in [4.69, 9.17) is 5.11 Å². The van der Waals surface area contributed by atoms with E-state index in [0.717, 1.165) is 0 Å². The van der Waals surface area contributed by atoms with Crippen molar-refractivity contribution in [2.24, 2.45) is 0 Å². The van der Waals surface area contributed by atoms with Gasteiger partial charge in [-0.1, -0.05) is 29.4 Å². The molecule has 0 unspecified atom stereocenters. The minimum absolute atomic E-state index is 0.00372. The number of hydrogen-bond acceptors (Lipinski definition) is 6. The molecule has 0 aliphatic rings. The topological polar surface area (TPSA) is 76.2 Å². The summed E-state index contributed by atoms with van der Waals surface area (Å²) in [4.78, 5) is 15.1. The molecule has 1 heterocycles. The molecule has 0 atom stereocenters. The first kappa shape index (κ1) is 16.5. The molecule has 1 aromatic carbocycles. The Hall–Kier alpha value is -1.87.